The van der Waals surface area contributed by atoms with Gasteiger partial charge in [0.1, 0.15) is 7.80 Å². The van der Waals surface area contributed by atoms with E-state index in [2.05, 4.69) is 6.92 Å². The summed E-state index contributed by atoms with van der Waals surface area (Å²) >= 11 is 0. The second-order valence-electron chi connectivity index (χ2n) is 2.81. The second kappa shape index (κ2) is 8.74. The molecular weight excluding hydrogens is 187 g/mol. The van der Waals surface area contributed by atoms with E-state index >= 15 is 0 Å². The third-order valence-corrected chi connectivity index (χ3v) is 3.38. The Morgan fingerprint density at radius 2 is 1.69 bits per heavy atom. The van der Waals surface area contributed by atoms with Crippen LogP contribution in [0.3, 0.4) is 0 Å². The average molecular weight is 208 g/mol. The van der Waals surface area contributed by atoms with Gasteiger partial charge in [0.2, 0.25) is 6.03 Å². The molecule has 0 radical (unpaired) electrons. The highest BCUT2D eigenvalue weighted by Crippen LogP contribution is 2.30. The molecule has 0 aliphatic rings. The summed E-state index contributed by atoms with van der Waals surface area (Å²) in [6, 6.07) is -0.452. The molecule has 0 aromatic heterocycles. The smallest absolute Gasteiger partial charge is 0.208 e. The lowest BCUT2D eigenvalue weighted by molar-refractivity contribution is -0.0796. The van der Waals surface area contributed by atoms with E-state index in [4.69, 9.17) is 9.47 Å². The third kappa shape index (κ3) is 6.25. The van der Waals surface area contributed by atoms with Gasteiger partial charge in [0.25, 0.3) is 0 Å². The van der Waals surface area contributed by atoms with Crippen LogP contribution in [0, 0.1) is 0 Å². The minimum atomic E-state index is -1.71. The van der Waals surface area contributed by atoms with Crippen molar-refractivity contribution in [1.82, 2.24) is 0 Å². The summed E-state index contributed by atoms with van der Waals surface area (Å²) < 4.78 is 22.1. The Morgan fingerprint density at radius 3 is 2.08 bits per heavy atom. The topological polar surface area (TPSA) is 35.5 Å². The van der Waals surface area contributed by atoms with Crippen LogP contribution in [0.1, 0.15) is 33.6 Å². The fourth-order valence-corrected chi connectivity index (χ4v) is 2.65. The molecule has 0 saturated heterocycles. The van der Waals surface area contributed by atoms with Crippen molar-refractivity contribution in [3.8, 4) is 0 Å². The van der Waals surface area contributed by atoms with Gasteiger partial charge in [-0.25, -0.2) is 0 Å². The molecule has 0 heterocycles. The molecule has 4 heteroatoms. The minimum absolute atomic E-state index is 0.452. The monoisotopic (exact) mass is 208 g/mol. The molecule has 0 aromatic rings. The molecule has 1 atom stereocenters. The van der Waals surface area contributed by atoms with Crippen LogP contribution < -0.4 is 0 Å². The van der Waals surface area contributed by atoms with Crippen LogP contribution in [-0.2, 0) is 14.0 Å². The standard InChI is InChI=1S/C9H21O3P/c1-4-7-8-13(10)9(11-5-2)12-6-3/h9,13H,4-8H2,1-3H3. The molecule has 0 aromatic carbocycles. The Morgan fingerprint density at radius 1 is 1.15 bits per heavy atom. The van der Waals surface area contributed by atoms with Gasteiger partial charge in [-0.05, 0) is 20.3 Å². The quantitative estimate of drug-likeness (QED) is 0.454. The van der Waals surface area contributed by atoms with Crippen LogP contribution in [0.15, 0.2) is 0 Å². The van der Waals surface area contributed by atoms with Gasteiger partial charge in [0, 0.05) is 19.4 Å². The molecule has 3 nitrogen and oxygen atoms in total. The molecule has 0 spiro atoms. The number of hydrogen-bond donors (Lipinski definition) is 0. The van der Waals surface area contributed by atoms with E-state index in [-0.39, 0.29) is 0 Å². The van der Waals surface area contributed by atoms with E-state index in [9.17, 15) is 4.57 Å². The van der Waals surface area contributed by atoms with Crippen LogP contribution in [0.4, 0.5) is 0 Å². The lowest BCUT2D eigenvalue weighted by atomic mass is 10.4. The van der Waals surface area contributed by atoms with Gasteiger partial charge in [-0.1, -0.05) is 13.3 Å². The molecule has 0 rings (SSSR count). The van der Waals surface area contributed by atoms with Gasteiger partial charge in [-0.15, -0.1) is 0 Å². The van der Waals surface area contributed by atoms with Gasteiger partial charge < -0.3 is 14.0 Å². The lowest BCUT2D eigenvalue weighted by Gasteiger charge is -2.16. The molecule has 0 aliphatic heterocycles. The number of rotatable bonds is 8. The summed E-state index contributed by atoms with van der Waals surface area (Å²) in [6.07, 6.45) is 2.81. The maximum Gasteiger partial charge on any atom is 0.208 e. The highest BCUT2D eigenvalue weighted by Gasteiger charge is 2.15. The summed E-state index contributed by atoms with van der Waals surface area (Å²) in [5.41, 5.74) is 0. The fourth-order valence-electron chi connectivity index (χ4n) is 1.01. The van der Waals surface area contributed by atoms with Crippen molar-refractivity contribution in [3.63, 3.8) is 0 Å². The zero-order valence-corrected chi connectivity index (χ0v) is 9.84. The normalized spacial score (nSPS) is 13.5. The summed E-state index contributed by atoms with van der Waals surface area (Å²) in [7, 11) is -1.71. The number of hydrogen-bond acceptors (Lipinski definition) is 3. The summed E-state index contributed by atoms with van der Waals surface area (Å²) in [5.74, 6) is 0. The van der Waals surface area contributed by atoms with E-state index in [1.807, 2.05) is 13.8 Å². The zero-order valence-electron chi connectivity index (χ0n) is 8.84. The Bertz CT molecular complexity index is 133. The van der Waals surface area contributed by atoms with Crippen molar-refractivity contribution in [1.29, 1.82) is 0 Å². The third-order valence-electron chi connectivity index (χ3n) is 1.68. The molecular formula is C9H21O3P. The maximum absolute atomic E-state index is 11.6. The molecule has 0 N–H and O–H groups in total. The van der Waals surface area contributed by atoms with Crippen LogP contribution in [0.25, 0.3) is 0 Å². The van der Waals surface area contributed by atoms with E-state index in [1.54, 1.807) is 0 Å². The summed E-state index contributed by atoms with van der Waals surface area (Å²) in [6.45, 7) is 6.99. The van der Waals surface area contributed by atoms with Crippen molar-refractivity contribution >= 4 is 7.80 Å². The van der Waals surface area contributed by atoms with Crippen molar-refractivity contribution in [2.45, 2.75) is 39.6 Å². The Balaban J connectivity index is 3.80. The summed E-state index contributed by atoms with van der Waals surface area (Å²) in [5, 5.41) is 0. The minimum Gasteiger partial charge on any atom is -0.347 e. The van der Waals surface area contributed by atoms with Gasteiger partial charge in [0.05, 0.1) is 0 Å². The van der Waals surface area contributed by atoms with Crippen LogP contribution in [-0.4, -0.2) is 25.4 Å². The first-order chi connectivity index (χ1) is 6.26. The van der Waals surface area contributed by atoms with Gasteiger partial charge in [-0.2, -0.15) is 0 Å². The van der Waals surface area contributed by atoms with E-state index in [0.29, 0.717) is 13.2 Å². The first kappa shape index (κ1) is 13.2. The van der Waals surface area contributed by atoms with Crippen molar-refractivity contribution in [3.05, 3.63) is 0 Å². The maximum atomic E-state index is 11.6. The first-order valence-electron chi connectivity index (χ1n) is 5.02. The van der Waals surface area contributed by atoms with Crippen molar-refractivity contribution < 1.29 is 14.0 Å². The molecule has 0 bridgehead atoms. The van der Waals surface area contributed by atoms with Crippen LogP contribution >= 0.6 is 7.80 Å². The highest BCUT2D eigenvalue weighted by atomic mass is 31.1. The van der Waals surface area contributed by atoms with E-state index in [1.165, 1.54) is 0 Å². The van der Waals surface area contributed by atoms with Crippen molar-refractivity contribution in [2.24, 2.45) is 0 Å². The summed E-state index contributed by atoms with van der Waals surface area (Å²) in [4.78, 5) is 0. The predicted octanol–water partition coefficient (Wildman–Crippen LogP) is 2.70. The molecule has 0 saturated carbocycles. The fraction of sp³-hybridized carbons (Fsp3) is 1.00. The molecule has 1 unspecified atom stereocenters. The molecule has 13 heavy (non-hydrogen) atoms. The molecule has 80 valence electrons. The second-order valence-corrected chi connectivity index (χ2v) is 4.72. The molecule has 0 aliphatic carbocycles. The van der Waals surface area contributed by atoms with E-state index in [0.717, 1.165) is 19.0 Å². The first-order valence-corrected chi connectivity index (χ1v) is 6.71. The zero-order chi connectivity index (χ0) is 10.1. The Hall–Kier alpha value is 0.150. The lowest BCUT2D eigenvalue weighted by Crippen LogP contribution is -2.13. The number of unbranched alkanes of at least 4 members (excludes halogenated alkanes) is 1. The van der Waals surface area contributed by atoms with Crippen molar-refractivity contribution in [2.75, 3.05) is 19.4 Å². The highest BCUT2D eigenvalue weighted by molar-refractivity contribution is 7.45. The Kier molecular flexibility index (Phi) is 8.84. The van der Waals surface area contributed by atoms with Gasteiger partial charge in [-0.3, -0.25) is 0 Å². The average Bonchev–Trinajstić information content (AvgIpc) is 2.14. The largest absolute Gasteiger partial charge is 0.347 e. The predicted molar refractivity (Wildman–Crippen MR) is 55.8 cm³/mol. The van der Waals surface area contributed by atoms with E-state index < -0.39 is 13.8 Å². The van der Waals surface area contributed by atoms with Crippen LogP contribution in [0.2, 0.25) is 0 Å². The molecule has 0 amide bonds. The number of ether oxygens (including phenoxy) is 2. The Labute approximate surface area is 81.6 Å². The SMILES string of the molecule is CCCC[PH](=O)C(OCC)OCC. The van der Waals surface area contributed by atoms with Gasteiger partial charge >= 0.3 is 0 Å². The van der Waals surface area contributed by atoms with Crippen LogP contribution in [0.5, 0.6) is 0 Å². The molecule has 0 fully saturated rings. The van der Waals surface area contributed by atoms with Gasteiger partial charge in [0.15, 0.2) is 0 Å².